The van der Waals surface area contributed by atoms with Crippen LogP contribution in [0.4, 0.5) is 0 Å². The molecule has 15 heavy (non-hydrogen) atoms. The summed E-state index contributed by atoms with van der Waals surface area (Å²) in [5, 5.41) is 0. The summed E-state index contributed by atoms with van der Waals surface area (Å²) < 4.78 is 0. The number of benzene rings is 1. The molecule has 0 aromatic heterocycles. The first-order valence-electron chi connectivity index (χ1n) is 5.94. The van der Waals surface area contributed by atoms with Gasteiger partial charge >= 0.3 is 0 Å². The van der Waals surface area contributed by atoms with E-state index in [4.69, 9.17) is 0 Å². The van der Waals surface area contributed by atoms with Gasteiger partial charge in [-0.05, 0) is 36.7 Å². The van der Waals surface area contributed by atoms with Gasteiger partial charge in [-0.15, -0.1) is 0 Å². The van der Waals surface area contributed by atoms with Gasteiger partial charge in [-0.1, -0.05) is 57.5 Å². The van der Waals surface area contributed by atoms with Crippen LogP contribution in [-0.2, 0) is 6.42 Å². The van der Waals surface area contributed by atoms with E-state index in [1.807, 2.05) is 0 Å². The maximum Gasteiger partial charge on any atom is -0.0227 e. The molecule has 0 amide bonds. The van der Waals surface area contributed by atoms with Gasteiger partial charge in [-0.2, -0.15) is 0 Å². The lowest BCUT2D eigenvalue weighted by atomic mass is 9.79. The summed E-state index contributed by atoms with van der Waals surface area (Å²) >= 11 is 0. The fraction of sp³-hybridized carbons (Fsp3) is 0.600. The van der Waals surface area contributed by atoms with E-state index in [1.54, 1.807) is 0 Å². The van der Waals surface area contributed by atoms with Crippen molar-refractivity contribution in [2.24, 2.45) is 11.3 Å². The molecule has 1 aromatic rings. The molecule has 0 bridgehead atoms. The number of rotatable bonds is 4. The molecule has 0 unspecified atom stereocenters. The Hall–Kier alpha value is -0.780. The zero-order chi connectivity index (χ0) is 11.5. The molecule has 0 saturated heterocycles. The minimum Gasteiger partial charge on any atom is -0.0628 e. The molecule has 0 spiro atoms. The summed E-state index contributed by atoms with van der Waals surface area (Å²) in [6, 6.07) is 8.94. The highest BCUT2D eigenvalue weighted by atomic mass is 14.2. The summed E-state index contributed by atoms with van der Waals surface area (Å²) in [6.45, 7) is 11.5. The van der Waals surface area contributed by atoms with E-state index < -0.39 is 0 Å². The average molecular weight is 204 g/mol. The Morgan fingerprint density at radius 2 is 1.60 bits per heavy atom. The Labute approximate surface area is 94.7 Å². The predicted octanol–water partition coefficient (Wildman–Crippen LogP) is 4.61. The molecule has 0 fully saturated rings. The molecule has 0 aliphatic heterocycles. The quantitative estimate of drug-likeness (QED) is 0.672. The van der Waals surface area contributed by atoms with Crippen molar-refractivity contribution in [2.75, 3.05) is 0 Å². The summed E-state index contributed by atoms with van der Waals surface area (Å²) in [4.78, 5) is 0. The molecule has 1 rings (SSSR count). The standard InChI is InChI=1S/C15H24/c1-12(2)10-15(4,5)11-14-8-6-13(3)7-9-14/h6-9,12H,10-11H2,1-5H3. The Balaban J connectivity index is 2.64. The monoisotopic (exact) mass is 204 g/mol. The molecule has 0 atom stereocenters. The van der Waals surface area contributed by atoms with Crippen molar-refractivity contribution in [3.8, 4) is 0 Å². The van der Waals surface area contributed by atoms with Crippen LogP contribution in [0.3, 0.4) is 0 Å². The normalized spacial score (nSPS) is 12.1. The minimum absolute atomic E-state index is 0.420. The average Bonchev–Trinajstić information content (AvgIpc) is 2.06. The highest BCUT2D eigenvalue weighted by Gasteiger charge is 2.19. The smallest absolute Gasteiger partial charge is 0.0227 e. The van der Waals surface area contributed by atoms with Crippen molar-refractivity contribution >= 4 is 0 Å². The minimum atomic E-state index is 0.420. The van der Waals surface area contributed by atoms with Crippen LogP contribution in [-0.4, -0.2) is 0 Å². The van der Waals surface area contributed by atoms with Crippen molar-refractivity contribution in [2.45, 2.75) is 47.5 Å². The van der Waals surface area contributed by atoms with Crippen LogP contribution >= 0.6 is 0 Å². The maximum absolute atomic E-state index is 2.37. The molecule has 0 nitrogen and oxygen atoms in total. The van der Waals surface area contributed by atoms with Crippen molar-refractivity contribution in [1.29, 1.82) is 0 Å². The molecule has 0 heteroatoms. The van der Waals surface area contributed by atoms with Gasteiger partial charge in [0.05, 0.1) is 0 Å². The first kappa shape index (κ1) is 12.3. The molecular weight excluding hydrogens is 180 g/mol. The van der Waals surface area contributed by atoms with Crippen LogP contribution in [0, 0.1) is 18.3 Å². The second kappa shape index (κ2) is 4.83. The lowest BCUT2D eigenvalue weighted by molar-refractivity contribution is 0.285. The Kier molecular flexibility index (Phi) is 3.96. The molecule has 0 N–H and O–H groups in total. The van der Waals surface area contributed by atoms with Gasteiger partial charge in [-0.3, -0.25) is 0 Å². The molecule has 84 valence electrons. The maximum atomic E-state index is 2.37. The Bertz CT molecular complexity index is 290. The number of hydrogen-bond acceptors (Lipinski definition) is 0. The molecule has 0 aliphatic carbocycles. The second-order valence-electron chi connectivity index (χ2n) is 5.92. The van der Waals surface area contributed by atoms with Crippen LogP contribution in [0.25, 0.3) is 0 Å². The van der Waals surface area contributed by atoms with E-state index in [0.717, 1.165) is 5.92 Å². The van der Waals surface area contributed by atoms with Crippen LogP contribution in [0.5, 0.6) is 0 Å². The van der Waals surface area contributed by atoms with Crippen molar-refractivity contribution in [1.82, 2.24) is 0 Å². The van der Waals surface area contributed by atoms with Crippen molar-refractivity contribution < 1.29 is 0 Å². The zero-order valence-corrected chi connectivity index (χ0v) is 10.8. The van der Waals surface area contributed by atoms with Crippen LogP contribution in [0.15, 0.2) is 24.3 Å². The van der Waals surface area contributed by atoms with E-state index in [0.29, 0.717) is 5.41 Å². The van der Waals surface area contributed by atoms with Crippen molar-refractivity contribution in [3.05, 3.63) is 35.4 Å². The van der Waals surface area contributed by atoms with Crippen LogP contribution < -0.4 is 0 Å². The molecule has 0 aliphatic rings. The third-order valence-electron chi connectivity index (χ3n) is 2.76. The van der Waals surface area contributed by atoms with E-state index in [2.05, 4.69) is 58.9 Å². The van der Waals surface area contributed by atoms with Gasteiger partial charge in [0.1, 0.15) is 0 Å². The fourth-order valence-corrected chi connectivity index (χ4v) is 2.44. The molecular formula is C15H24. The molecule has 0 heterocycles. The molecule has 0 saturated carbocycles. The van der Waals surface area contributed by atoms with Crippen LogP contribution in [0.1, 0.15) is 45.2 Å². The molecule has 0 radical (unpaired) electrons. The van der Waals surface area contributed by atoms with Gasteiger partial charge in [0.2, 0.25) is 0 Å². The third-order valence-corrected chi connectivity index (χ3v) is 2.76. The van der Waals surface area contributed by atoms with Gasteiger partial charge in [0.25, 0.3) is 0 Å². The Morgan fingerprint density at radius 3 is 2.07 bits per heavy atom. The number of aryl methyl sites for hydroxylation is 1. The number of hydrogen-bond donors (Lipinski definition) is 0. The molecule has 1 aromatic carbocycles. The summed E-state index contributed by atoms with van der Waals surface area (Å²) in [7, 11) is 0. The first-order valence-corrected chi connectivity index (χ1v) is 5.94. The topological polar surface area (TPSA) is 0 Å². The van der Waals surface area contributed by atoms with Gasteiger partial charge < -0.3 is 0 Å². The lowest BCUT2D eigenvalue weighted by Crippen LogP contribution is -2.17. The van der Waals surface area contributed by atoms with E-state index in [1.165, 1.54) is 24.0 Å². The summed E-state index contributed by atoms with van der Waals surface area (Å²) in [6.07, 6.45) is 2.48. The van der Waals surface area contributed by atoms with E-state index in [9.17, 15) is 0 Å². The van der Waals surface area contributed by atoms with Gasteiger partial charge in [0, 0.05) is 0 Å². The third kappa shape index (κ3) is 4.51. The van der Waals surface area contributed by atoms with E-state index in [-0.39, 0.29) is 0 Å². The van der Waals surface area contributed by atoms with Crippen molar-refractivity contribution in [3.63, 3.8) is 0 Å². The summed E-state index contributed by atoms with van der Waals surface area (Å²) in [5.74, 6) is 0.783. The van der Waals surface area contributed by atoms with Gasteiger partial charge in [0.15, 0.2) is 0 Å². The largest absolute Gasteiger partial charge is 0.0628 e. The van der Waals surface area contributed by atoms with Crippen LogP contribution in [0.2, 0.25) is 0 Å². The van der Waals surface area contributed by atoms with Gasteiger partial charge in [-0.25, -0.2) is 0 Å². The fourth-order valence-electron chi connectivity index (χ4n) is 2.44. The highest BCUT2D eigenvalue weighted by molar-refractivity contribution is 5.22. The lowest BCUT2D eigenvalue weighted by Gasteiger charge is -2.26. The predicted molar refractivity (Wildman–Crippen MR) is 68.1 cm³/mol. The Morgan fingerprint density at radius 1 is 1.07 bits per heavy atom. The van der Waals surface area contributed by atoms with E-state index >= 15 is 0 Å². The SMILES string of the molecule is Cc1ccc(CC(C)(C)CC(C)C)cc1. The first-order chi connectivity index (χ1) is 6.89. The summed E-state index contributed by atoms with van der Waals surface area (Å²) in [5.41, 5.74) is 3.23. The highest BCUT2D eigenvalue weighted by Crippen LogP contribution is 2.29. The zero-order valence-electron chi connectivity index (χ0n) is 10.8. The second-order valence-corrected chi connectivity index (χ2v) is 5.92.